The lowest BCUT2D eigenvalue weighted by molar-refractivity contribution is 0.420. The normalized spacial score (nSPS) is 6.00. The van der Waals surface area contributed by atoms with Crippen molar-refractivity contribution in [2.75, 3.05) is 0 Å². The van der Waals surface area contributed by atoms with Crippen molar-refractivity contribution in [3.8, 4) is 0 Å². The van der Waals surface area contributed by atoms with E-state index in [1.165, 1.54) is 6.26 Å². The van der Waals surface area contributed by atoms with Crippen molar-refractivity contribution in [1.82, 2.24) is 10.1 Å². The smallest absolute Gasteiger partial charge is 0.211 e. The van der Waals surface area contributed by atoms with Gasteiger partial charge in [0.1, 0.15) is 17.3 Å². The van der Waals surface area contributed by atoms with Crippen LogP contribution in [-0.2, 0) is 0 Å². The van der Waals surface area contributed by atoms with Crippen LogP contribution >= 0.6 is 0 Å². The molecule has 0 saturated heterocycles. The summed E-state index contributed by atoms with van der Waals surface area (Å²) in [5, 5.41) is 3.35. The second-order valence-electron chi connectivity index (χ2n) is 0.800. The second kappa shape index (κ2) is 5.52. The predicted molar refractivity (Wildman–Crippen MR) is 24.1 cm³/mol. The molecule has 0 radical (unpaired) electrons. The van der Waals surface area contributed by atoms with E-state index < -0.39 is 0 Å². The summed E-state index contributed by atoms with van der Waals surface area (Å²) in [7, 11) is 0. The minimum atomic E-state index is 1.51. The van der Waals surface area contributed by atoms with E-state index >= 15 is 0 Å². The Hall–Kier alpha value is -1.48. The summed E-state index contributed by atoms with van der Waals surface area (Å²) in [6.45, 7) is 0. The van der Waals surface area contributed by atoms with Gasteiger partial charge in [0, 0.05) is 0 Å². The first-order chi connectivity index (χ1) is 3.91. The highest BCUT2D eigenvalue weighted by molar-refractivity contribution is 4.67. The van der Waals surface area contributed by atoms with Crippen molar-refractivity contribution in [2.24, 2.45) is 0 Å². The molecule has 2 N–H and O–H groups in total. The molecule has 0 aliphatic heterocycles. The van der Waals surface area contributed by atoms with Gasteiger partial charge in [-0.2, -0.15) is 0 Å². The number of hydrogen-bond acceptors (Lipinski definition) is 4. The van der Waals surface area contributed by atoms with Crippen LogP contribution in [0.2, 0.25) is 0 Å². The number of hydrogen-bond donors (Lipinski definition) is 2. The van der Waals surface area contributed by atoms with Crippen molar-refractivity contribution < 1.29 is 4.52 Å². The van der Waals surface area contributed by atoms with Gasteiger partial charge < -0.3 is 4.52 Å². The van der Waals surface area contributed by atoms with Crippen LogP contribution < -0.4 is 4.91 Å². The second-order valence-corrected chi connectivity index (χ2v) is 0.800. The van der Waals surface area contributed by atoms with Crippen LogP contribution in [0.25, 0.3) is 0 Å². The number of nitrogens with zero attached hydrogens (tertiary/aromatic N) is 2. The molecule has 0 fully saturated rings. The highest BCUT2D eigenvalue weighted by Crippen LogP contribution is 1.72. The number of nitrogens with one attached hydrogen (secondary N) is 2. The molecule has 1 heterocycles. The molecule has 0 saturated carbocycles. The van der Waals surface area contributed by atoms with Gasteiger partial charge in [-0.05, 0) is 6.07 Å². The summed E-state index contributed by atoms with van der Waals surface area (Å²) in [6, 6.07) is 1.72. The zero-order chi connectivity index (χ0) is 6.24. The van der Waals surface area contributed by atoms with E-state index in [0.29, 0.717) is 0 Å². The quantitative estimate of drug-likeness (QED) is 0.384. The maximum absolute atomic E-state index is 5.50. The monoisotopic (exact) mass is 113 g/mol. The van der Waals surface area contributed by atoms with E-state index in [2.05, 4.69) is 9.68 Å². The third kappa shape index (κ3) is 4.52. The molecule has 42 valence electrons. The molecule has 0 unspecified atom stereocenters. The molecule has 1 rings (SSSR count). The first-order valence-electron chi connectivity index (χ1n) is 1.79. The molecule has 0 aromatic carbocycles. The van der Waals surface area contributed by atoms with E-state index in [9.17, 15) is 0 Å². The fourth-order valence-corrected chi connectivity index (χ4v) is 0.176. The van der Waals surface area contributed by atoms with Gasteiger partial charge in [-0.25, -0.2) is 0 Å². The maximum Gasteiger partial charge on any atom is 0.211 e. The minimum absolute atomic E-state index is 1.51. The van der Waals surface area contributed by atoms with Crippen LogP contribution in [0.1, 0.15) is 0 Å². The minimum Gasteiger partial charge on any atom is -0.365 e. The van der Waals surface area contributed by atoms with Crippen LogP contribution in [0.5, 0.6) is 0 Å². The van der Waals surface area contributed by atoms with Crippen LogP contribution in [0, 0.1) is 11.1 Å². The molecule has 0 aliphatic carbocycles. The molecule has 5 nitrogen and oxygen atoms in total. The highest BCUT2D eigenvalue weighted by Gasteiger charge is 1.60. The largest absolute Gasteiger partial charge is 0.365 e. The fourth-order valence-electron chi connectivity index (χ4n) is 0.176. The topological polar surface area (TPSA) is 87.8 Å². The Morgan fingerprint density at radius 2 is 2.12 bits per heavy atom. The maximum atomic E-state index is 5.50. The molecule has 0 amide bonds. The van der Waals surface area contributed by atoms with Crippen LogP contribution in [-0.4, -0.2) is 5.16 Å². The third-order valence-electron chi connectivity index (χ3n) is 0.347. The first kappa shape index (κ1) is 6.52. The molecular weight excluding hydrogens is 108 g/mol. The third-order valence-corrected chi connectivity index (χ3v) is 0.347. The molecule has 0 aliphatic rings. The van der Waals surface area contributed by atoms with Gasteiger partial charge in [-0.1, -0.05) is 5.16 Å². The van der Waals surface area contributed by atoms with Crippen molar-refractivity contribution in [3.05, 3.63) is 18.5 Å². The van der Waals surface area contributed by atoms with Crippen LogP contribution in [0.4, 0.5) is 0 Å². The van der Waals surface area contributed by atoms with Crippen LogP contribution in [0.3, 0.4) is 0 Å². The fraction of sp³-hybridized carbons (Fsp3) is 0. The van der Waals surface area contributed by atoms with Gasteiger partial charge >= 0.3 is 0 Å². The molecule has 0 bridgehead atoms. The van der Waals surface area contributed by atoms with Gasteiger partial charge in [-0.3, -0.25) is 0 Å². The average Bonchev–Trinajstić information content (AvgIpc) is 2.17. The molecule has 0 spiro atoms. The molecule has 1 aromatic heterocycles. The van der Waals surface area contributed by atoms with Gasteiger partial charge in [0.05, 0.1) is 6.20 Å². The van der Waals surface area contributed by atoms with Gasteiger partial charge in [0.15, 0.2) is 0 Å². The molecule has 8 heavy (non-hydrogen) atoms. The van der Waals surface area contributed by atoms with E-state index in [0.717, 1.165) is 0 Å². The SMILES string of the molecule is N=[N+]=N.c1cnoc1. The lowest BCUT2D eigenvalue weighted by Gasteiger charge is -1.48. The van der Waals surface area contributed by atoms with E-state index in [-0.39, 0.29) is 0 Å². The Morgan fingerprint density at radius 1 is 1.50 bits per heavy atom. The molecular formula is C3H5N4O+. The standard InChI is InChI=1S/C3H3NO.H2N3/c1-2-4-5-3-1;1-3-2/h1-3H;1-2H/q;+1. The summed E-state index contributed by atoms with van der Waals surface area (Å²) in [5.74, 6) is 0. The summed E-state index contributed by atoms with van der Waals surface area (Å²) in [6.07, 6.45) is 3.10. The van der Waals surface area contributed by atoms with Crippen molar-refractivity contribution >= 4 is 0 Å². The zero-order valence-electron chi connectivity index (χ0n) is 4.03. The molecule has 5 heteroatoms. The van der Waals surface area contributed by atoms with E-state index in [4.69, 9.17) is 11.1 Å². The molecule has 0 atom stereocenters. The lowest BCUT2D eigenvalue weighted by atomic mass is 10.8. The predicted octanol–water partition coefficient (Wildman–Crippen LogP) is 0.790. The van der Waals surface area contributed by atoms with E-state index in [1.807, 2.05) is 4.91 Å². The lowest BCUT2D eigenvalue weighted by Crippen LogP contribution is -1.38. The Morgan fingerprint density at radius 3 is 2.25 bits per heavy atom. The highest BCUT2D eigenvalue weighted by atomic mass is 16.5. The van der Waals surface area contributed by atoms with Crippen LogP contribution in [0.15, 0.2) is 23.0 Å². The van der Waals surface area contributed by atoms with Crippen molar-refractivity contribution in [3.63, 3.8) is 0 Å². The van der Waals surface area contributed by atoms with Crippen molar-refractivity contribution in [1.29, 1.82) is 11.1 Å². The van der Waals surface area contributed by atoms with Gasteiger partial charge in [0.25, 0.3) is 0 Å². The zero-order valence-corrected chi connectivity index (χ0v) is 4.03. The Kier molecular flexibility index (Phi) is 4.50. The summed E-state index contributed by atoms with van der Waals surface area (Å²) in [4.78, 5) is 2.00. The molecule has 1 aromatic rings. The summed E-state index contributed by atoms with van der Waals surface area (Å²) < 4.78 is 4.33. The Bertz CT molecular complexity index is 123. The average molecular weight is 113 g/mol. The van der Waals surface area contributed by atoms with E-state index in [1.54, 1.807) is 12.3 Å². The van der Waals surface area contributed by atoms with Crippen molar-refractivity contribution in [2.45, 2.75) is 0 Å². The first-order valence-corrected chi connectivity index (χ1v) is 1.79. The summed E-state index contributed by atoms with van der Waals surface area (Å²) >= 11 is 0. The van der Waals surface area contributed by atoms with Gasteiger partial charge in [0.2, 0.25) is 4.91 Å². The summed E-state index contributed by atoms with van der Waals surface area (Å²) in [5.41, 5.74) is 11.0. The number of aromatic nitrogens is 1. The Balaban J connectivity index is 0.000000145. The van der Waals surface area contributed by atoms with Gasteiger partial charge in [-0.15, -0.1) is 0 Å². The number of rotatable bonds is 0. The Labute approximate surface area is 45.3 Å².